The van der Waals surface area contributed by atoms with Gasteiger partial charge in [0.05, 0.1) is 0 Å². The Balaban J connectivity index is 1.79. The summed E-state index contributed by atoms with van der Waals surface area (Å²) in [5.74, 6) is 0.520. The number of nitrogens with zero attached hydrogens (tertiary/aromatic N) is 4. The molecule has 0 atom stereocenters. The molecule has 0 saturated carbocycles. The van der Waals surface area contributed by atoms with Crippen LogP contribution in [-0.2, 0) is 0 Å². The van der Waals surface area contributed by atoms with Gasteiger partial charge in [-0.1, -0.05) is 0 Å². The van der Waals surface area contributed by atoms with E-state index in [2.05, 4.69) is 37.8 Å². The molecule has 7 nitrogen and oxygen atoms in total. The van der Waals surface area contributed by atoms with Crippen LogP contribution < -0.4 is 16.6 Å². The molecule has 0 radical (unpaired) electrons. The average molecular weight is 235 g/mol. The van der Waals surface area contributed by atoms with E-state index in [9.17, 15) is 0 Å². The van der Waals surface area contributed by atoms with Crippen LogP contribution in [0.5, 0.6) is 0 Å². The predicted molar refractivity (Wildman–Crippen MR) is 65.0 cm³/mol. The molecule has 1 fully saturated rings. The van der Waals surface area contributed by atoms with Crippen molar-refractivity contribution in [3.8, 4) is 0 Å². The number of fused-ring (bicyclic) bond motifs is 1. The van der Waals surface area contributed by atoms with Gasteiger partial charge in [-0.2, -0.15) is 0 Å². The number of nitrogens with two attached hydrogens (primary N) is 1. The summed E-state index contributed by atoms with van der Waals surface area (Å²) in [7, 11) is 2.14. The van der Waals surface area contributed by atoms with Crippen molar-refractivity contribution in [2.24, 2.45) is 10.7 Å². The summed E-state index contributed by atoms with van der Waals surface area (Å²) in [5, 5.41) is 4.34. The van der Waals surface area contributed by atoms with Crippen LogP contribution in [0.15, 0.2) is 28.4 Å². The lowest BCUT2D eigenvalue weighted by Crippen LogP contribution is -2.52. The van der Waals surface area contributed by atoms with E-state index in [1.54, 1.807) is 6.34 Å². The number of aliphatic imine (C=N–C) groups is 1. The lowest BCUT2D eigenvalue weighted by molar-refractivity contribution is 0.0317. The Bertz CT molecular complexity index is 403. The second-order valence-electron chi connectivity index (χ2n) is 4.41. The van der Waals surface area contributed by atoms with E-state index in [1.807, 2.05) is 6.20 Å². The number of rotatable bonds is 1. The second kappa shape index (κ2) is 3.94. The van der Waals surface area contributed by atoms with Crippen LogP contribution in [0.2, 0.25) is 0 Å². The van der Waals surface area contributed by atoms with Crippen LogP contribution in [0.25, 0.3) is 0 Å². The molecular weight excluding hydrogens is 218 g/mol. The molecule has 0 spiro atoms. The predicted octanol–water partition coefficient (Wildman–Crippen LogP) is -1.43. The molecule has 0 bridgehead atoms. The Hall–Kier alpha value is -1.73. The van der Waals surface area contributed by atoms with Gasteiger partial charge in [0.15, 0.2) is 5.82 Å². The lowest BCUT2D eigenvalue weighted by atomic mass is 10.3. The molecule has 92 valence electrons. The Morgan fingerprint density at radius 1 is 1.29 bits per heavy atom. The lowest BCUT2D eigenvalue weighted by Gasteiger charge is -2.40. The van der Waals surface area contributed by atoms with E-state index >= 15 is 0 Å². The highest BCUT2D eigenvalue weighted by Gasteiger charge is 2.29. The fourth-order valence-electron chi connectivity index (χ4n) is 2.17. The van der Waals surface area contributed by atoms with Crippen LogP contribution in [0.3, 0.4) is 0 Å². The second-order valence-corrected chi connectivity index (χ2v) is 4.41. The summed E-state index contributed by atoms with van der Waals surface area (Å²) in [6.45, 7) is 4.11. The van der Waals surface area contributed by atoms with Gasteiger partial charge in [-0.15, -0.1) is 0 Å². The molecule has 0 aromatic rings. The zero-order valence-electron chi connectivity index (χ0n) is 9.85. The third-order valence-electron chi connectivity index (χ3n) is 3.26. The smallest absolute Gasteiger partial charge is 0.152 e. The normalized spacial score (nSPS) is 25.5. The van der Waals surface area contributed by atoms with Crippen LogP contribution in [0.1, 0.15) is 0 Å². The first-order chi connectivity index (χ1) is 8.25. The van der Waals surface area contributed by atoms with Crippen LogP contribution >= 0.6 is 0 Å². The van der Waals surface area contributed by atoms with Gasteiger partial charge in [0, 0.05) is 32.4 Å². The summed E-state index contributed by atoms with van der Waals surface area (Å²) >= 11 is 0. The van der Waals surface area contributed by atoms with E-state index in [-0.39, 0.29) is 0 Å². The zero-order valence-corrected chi connectivity index (χ0v) is 9.85. The van der Waals surface area contributed by atoms with E-state index in [4.69, 9.17) is 5.73 Å². The molecule has 3 aliphatic heterocycles. The third-order valence-corrected chi connectivity index (χ3v) is 3.26. The van der Waals surface area contributed by atoms with Crippen molar-refractivity contribution in [3.05, 3.63) is 23.4 Å². The molecular formula is C10H17N7. The highest BCUT2D eigenvalue weighted by atomic mass is 15.7. The van der Waals surface area contributed by atoms with Crippen molar-refractivity contribution in [3.63, 3.8) is 0 Å². The van der Waals surface area contributed by atoms with Crippen LogP contribution in [0.4, 0.5) is 0 Å². The van der Waals surface area contributed by atoms with Gasteiger partial charge in [0.25, 0.3) is 0 Å². The molecule has 0 aliphatic carbocycles. The van der Waals surface area contributed by atoms with Crippen molar-refractivity contribution >= 4 is 6.34 Å². The summed E-state index contributed by atoms with van der Waals surface area (Å²) in [5.41, 5.74) is 13.7. The number of hydrazine groups is 2. The Morgan fingerprint density at radius 2 is 2.06 bits per heavy atom. The standard InChI is InChI=1S/C10H17N7/c1-15-2-4-16(5-3-15)17-7-12-10(11)9-8(17)6-13-14-9/h6-7,13-14H,2-5,11H2,1H3. The first-order valence-corrected chi connectivity index (χ1v) is 5.74. The largest absolute Gasteiger partial charge is 0.382 e. The quantitative estimate of drug-likeness (QED) is 0.517. The summed E-state index contributed by atoms with van der Waals surface area (Å²) in [4.78, 5) is 6.53. The van der Waals surface area contributed by atoms with E-state index < -0.39 is 0 Å². The first kappa shape index (κ1) is 10.4. The molecule has 7 heteroatoms. The van der Waals surface area contributed by atoms with Gasteiger partial charge in [0.1, 0.15) is 17.7 Å². The van der Waals surface area contributed by atoms with Gasteiger partial charge in [-0.05, 0) is 7.05 Å². The SMILES string of the molecule is CN1CCN(N2C=NC(N)=C3NNC=C32)CC1. The molecule has 3 rings (SSSR count). The number of hydrogen-bond donors (Lipinski definition) is 3. The number of likely N-dealkylation sites (N-methyl/N-ethyl adjacent to an activating group) is 1. The van der Waals surface area contributed by atoms with Crippen molar-refractivity contribution in [2.45, 2.75) is 0 Å². The average Bonchev–Trinajstić information content (AvgIpc) is 2.81. The van der Waals surface area contributed by atoms with E-state index in [1.165, 1.54) is 0 Å². The van der Waals surface area contributed by atoms with Crippen molar-refractivity contribution < 1.29 is 0 Å². The topological polar surface area (TPSA) is 72.2 Å². The van der Waals surface area contributed by atoms with E-state index in [0.29, 0.717) is 5.82 Å². The molecule has 0 aromatic heterocycles. The fourth-order valence-corrected chi connectivity index (χ4v) is 2.17. The summed E-state index contributed by atoms with van der Waals surface area (Å²) in [6, 6.07) is 0. The van der Waals surface area contributed by atoms with Crippen LogP contribution in [0, 0.1) is 0 Å². The van der Waals surface area contributed by atoms with Crippen LogP contribution in [-0.4, -0.2) is 54.5 Å². The molecule has 0 unspecified atom stereocenters. The van der Waals surface area contributed by atoms with Gasteiger partial charge in [-0.3, -0.25) is 10.4 Å². The first-order valence-electron chi connectivity index (χ1n) is 5.74. The number of hydrogen-bond acceptors (Lipinski definition) is 7. The number of piperazine rings is 1. The Labute approximate surface area is 100 Å². The highest BCUT2D eigenvalue weighted by Crippen LogP contribution is 2.22. The fraction of sp³-hybridized carbons (Fsp3) is 0.500. The third kappa shape index (κ3) is 1.73. The van der Waals surface area contributed by atoms with E-state index in [0.717, 1.165) is 37.6 Å². The minimum absolute atomic E-state index is 0.520. The molecule has 0 aromatic carbocycles. The Morgan fingerprint density at radius 3 is 2.82 bits per heavy atom. The zero-order chi connectivity index (χ0) is 11.8. The molecule has 4 N–H and O–H groups in total. The molecule has 1 saturated heterocycles. The minimum atomic E-state index is 0.520. The highest BCUT2D eigenvalue weighted by molar-refractivity contribution is 5.65. The molecule has 3 aliphatic rings. The van der Waals surface area contributed by atoms with Gasteiger partial charge >= 0.3 is 0 Å². The van der Waals surface area contributed by atoms with Gasteiger partial charge in [0.2, 0.25) is 0 Å². The van der Waals surface area contributed by atoms with Gasteiger partial charge in [-0.25, -0.2) is 10.0 Å². The summed E-state index contributed by atoms with van der Waals surface area (Å²) in [6.07, 6.45) is 3.69. The molecule has 17 heavy (non-hydrogen) atoms. The molecule has 0 amide bonds. The van der Waals surface area contributed by atoms with Crippen molar-refractivity contribution in [1.29, 1.82) is 0 Å². The Kier molecular flexibility index (Phi) is 2.41. The summed E-state index contributed by atoms with van der Waals surface area (Å²) < 4.78 is 0. The van der Waals surface area contributed by atoms with Crippen molar-refractivity contribution in [1.82, 2.24) is 25.8 Å². The maximum atomic E-state index is 5.82. The van der Waals surface area contributed by atoms with Crippen molar-refractivity contribution in [2.75, 3.05) is 33.2 Å². The maximum Gasteiger partial charge on any atom is 0.152 e. The maximum absolute atomic E-state index is 5.82. The number of nitrogens with one attached hydrogen (secondary N) is 2. The molecule has 3 heterocycles. The monoisotopic (exact) mass is 235 g/mol. The minimum Gasteiger partial charge on any atom is -0.382 e. The van der Waals surface area contributed by atoms with Gasteiger partial charge < -0.3 is 16.1 Å².